The zero-order chi connectivity index (χ0) is 9.68. The maximum atomic E-state index is 9.20. The molecule has 3 heteroatoms. The Balaban J connectivity index is 2.14. The van der Waals surface area contributed by atoms with Crippen molar-refractivity contribution in [3.63, 3.8) is 0 Å². The first-order valence-electron chi connectivity index (χ1n) is 5.26. The van der Waals surface area contributed by atoms with Crippen LogP contribution in [0.1, 0.15) is 19.8 Å². The molecule has 0 bridgehead atoms. The topological polar surface area (TPSA) is 35.5 Å². The van der Waals surface area contributed by atoms with Crippen LogP contribution in [0.25, 0.3) is 0 Å². The van der Waals surface area contributed by atoms with Crippen molar-refractivity contribution < 1.29 is 5.11 Å². The minimum atomic E-state index is -0.202. The van der Waals surface area contributed by atoms with Gasteiger partial charge in [0, 0.05) is 13.1 Å². The Bertz CT molecular complexity index is 133. The molecule has 0 aromatic rings. The Kier molecular flexibility index (Phi) is 4.70. The highest BCUT2D eigenvalue weighted by Gasteiger charge is 2.15. The highest BCUT2D eigenvalue weighted by Crippen LogP contribution is 2.12. The van der Waals surface area contributed by atoms with Crippen LogP contribution in [0.2, 0.25) is 0 Å². The lowest BCUT2D eigenvalue weighted by Crippen LogP contribution is -2.36. The van der Waals surface area contributed by atoms with Crippen LogP contribution in [0.3, 0.4) is 0 Å². The molecule has 1 fully saturated rings. The fourth-order valence-corrected chi connectivity index (χ4v) is 2.03. The van der Waals surface area contributed by atoms with Gasteiger partial charge in [-0.05, 0) is 45.8 Å². The van der Waals surface area contributed by atoms with Crippen molar-refractivity contribution in [3.8, 4) is 0 Å². The van der Waals surface area contributed by atoms with Gasteiger partial charge in [0.1, 0.15) is 0 Å². The van der Waals surface area contributed by atoms with Gasteiger partial charge in [0.15, 0.2) is 0 Å². The minimum Gasteiger partial charge on any atom is -0.392 e. The average Bonchev–Trinajstić information content (AvgIpc) is 2.04. The van der Waals surface area contributed by atoms with Gasteiger partial charge in [-0.2, -0.15) is 0 Å². The Morgan fingerprint density at radius 3 is 2.62 bits per heavy atom. The predicted molar refractivity (Wildman–Crippen MR) is 54.8 cm³/mol. The van der Waals surface area contributed by atoms with Gasteiger partial charge in [-0.25, -0.2) is 0 Å². The monoisotopic (exact) mass is 186 g/mol. The summed E-state index contributed by atoms with van der Waals surface area (Å²) in [7, 11) is 2.09. The molecule has 1 rings (SSSR count). The van der Waals surface area contributed by atoms with Gasteiger partial charge >= 0.3 is 0 Å². The minimum absolute atomic E-state index is 0.202. The summed E-state index contributed by atoms with van der Waals surface area (Å²) >= 11 is 0. The van der Waals surface area contributed by atoms with Crippen LogP contribution in [-0.4, -0.2) is 49.3 Å². The Morgan fingerprint density at radius 1 is 1.46 bits per heavy atom. The first-order valence-corrected chi connectivity index (χ1v) is 5.26. The predicted octanol–water partition coefficient (Wildman–Crippen LogP) is 0.299. The van der Waals surface area contributed by atoms with E-state index >= 15 is 0 Å². The Hall–Kier alpha value is -0.120. The van der Waals surface area contributed by atoms with E-state index in [0.717, 1.165) is 32.1 Å². The molecule has 1 saturated heterocycles. The van der Waals surface area contributed by atoms with E-state index in [9.17, 15) is 5.11 Å². The van der Waals surface area contributed by atoms with Crippen LogP contribution < -0.4 is 5.32 Å². The normalized spacial score (nSPS) is 22.2. The Labute approximate surface area is 81.1 Å². The molecule has 78 valence electrons. The quantitative estimate of drug-likeness (QED) is 0.663. The van der Waals surface area contributed by atoms with Crippen LogP contribution in [0.4, 0.5) is 0 Å². The number of nitrogens with zero attached hydrogens (tertiary/aromatic N) is 1. The highest BCUT2D eigenvalue weighted by molar-refractivity contribution is 4.71. The maximum absolute atomic E-state index is 9.20. The molecule has 1 atom stereocenters. The molecule has 1 heterocycles. The molecule has 0 spiro atoms. The van der Waals surface area contributed by atoms with Gasteiger partial charge in [0.2, 0.25) is 0 Å². The summed E-state index contributed by atoms with van der Waals surface area (Å²) in [6, 6.07) is 0. The van der Waals surface area contributed by atoms with Crippen molar-refractivity contribution in [3.05, 3.63) is 0 Å². The molecule has 1 aliphatic heterocycles. The number of nitrogens with one attached hydrogen (secondary N) is 1. The summed E-state index contributed by atoms with van der Waals surface area (Å²) in [4.78, 5) is 2.24. The van der Waals surface area contributed by atoms with Crippen molar-refractivity contribution in [1.82, 2.24) is 10.2 Å². The second-order valence-corrected chi connectivity index (χ2v) is 4.26. The number of likely N-dealkylation sites (N-methyl/N-ethyl adjacent to an activating group) is 1. The van der Waals surface area contributed by atoms with Gasteiger partial charge in [0.05, 0.1) is 6.10 Å². The molecule has 0 unspecified atom stereocenters. The van der Waals surface area contributed by atoms with Crippen LogP contribution in [-0.2, 0) is 0 Å². The van der Waals surface area contributed by atoms with Crippen LogP contribution in [0, 0.1) is 5.92 Å². The maximum Gasteiger partial charge on any atom is 0.0638 e. The summed E-state index contributed by atoms with van der Waals surface area (Å²) in [5.74, 6) is 0.824. The number of hydrogen-bond donors (Lipinski definition) is 2. The molecular formula is C10H22N2O. The van der Waals surface area contributed by atoms with E-state index in [1.54, 1.807) is 0 Å². The van der Waals surface area contributed by atoms with E-state index in [4.69, 9.17) is 0 Å². The second-order valence-electron chi connectivity index (χ2n) is 4.26. The number of aliphatic hydroxyl groups is 1. The molecule has 0 aromatic heterocycles. The summed E-state index contributed by atoms with van der Waals surface area (Å²) in [6.45, 7) is 6.09. The first-order chi connectivity index (χ1) is 6.18. The molecule has 1 aliphatic rings. The van der Waals surface area contributed by atoms with Crippen LogP contribution in [0.15, 0.2) is 0 Å². The lowest BCUT2D eigenvalue weighted by atomic mass is 9.98. The smallest absolute Gasteiger partial charge is 0.0638 e. The fraction of sp³-hybridized carbons (Fsp3) is 1.00. The molecule has 2 N–H and O–H groups in total. The lowest BCUT2D eigenvalue weighted by molar-refractivity contribution is 0.127. The summed E-state index contributed by atoms with van der Waals surface area (Å²) in [5.41, 5.74) is 0. The number of aliphatic hydroxyl groups excluding tert-OH is 1. The van der Waals surface area contributed by atoms with Crippen molar-refractivity contribution in [2.75, 3.05) is 33.2 Å². The van der Waals surface area contributed by atoms with Gasteiger partial charge in [-0.15, -0.1) is 0 Å². The third-order valence-electron chi connectivity index (χ3n) is 2.60. The molecule has 0 radical (unpaired) electrons. The molecule has 0 aliphatic carbocycles. The largest absolute Gasteiger partial charge is 0.392 e. The fourth-order valence-electron chi connectivity index (χ4n) is 2.03. The average molecular weight is 186 g/mol. The van der Waals surface area contributed by atoms with Crippen molar-refractivity contribution in [1.29, 1.82) is 0 Å². The number of hydrogen-bond acceptors (Lipinski definition) is 3. The van der Waals surface area contributed by atoms with Crippen LogP contribution >= 0.6 is 0 Å². The first kappa shape index (κ1) is 11.0. The van der Waals surface area contributed by atoms with E-state index in [0.29, 0.717) is 0 Å². The molecule has 0 aromatic carbocycles. The summed E-state index contributed by atoms with van der Waals surface area (Å²) in [6.07, 6.45) is 2.36. The van der Waals surface area contributed by atoms with Crippen molar-refractivity contribution >= 4 is 0 Å². The third kappa shape index (κ3) is 4.60. The summed E-state index contributed by atoms with van der Waals surface area (Å²) in [5, 5.41) is 12.6. The third-order valence-corrected chi connectivity index (χ3v) is 2.60. The van der Waals surface area contributed by atoms with E-state index in [-0.39, 0.29) is 6.10 Å². The van der Waals surface area contributed by atoms with E-state index in [1.807, 2.05) is 6.92 Å². The van der Waals surface area contributed by atoms with E-state index in [2.05, 4.69) is 17.3 Å². The van der Waals surface area contributed by atoms with E-state index < -0.39 is 0 Å². The number of rotatable bonds is 4. The second kappa shape index (κ2) is 5.58. The van der Waals surface area contributed by atoms with Crippen LogP contribution in [0.5, 0.6) is 0 Å². The SMILES string of the molecule is C[C@@H](O)CN(C)CC1CCNCC1. The molecule has 13 heavy (non-hydrogen) atoms. The lowest BCUT2D eigenvalue weighted by Gasteiger charge is -2.28. The zero-order valence-corrected chi connectivity index (χ0v) is 8.79. The highest BCUT2D eigenvalue weighted by atomic mass is 16.3. The standard InChI is InChI=1S/C10H22N2O/c1-9(13)7-12(2)8-10-3-5-11-6-4-10/h9-11,13H,3-8H2,1-2H3/t9-/m1/s1. The van der Waals surface area contributed by atoms with E-state index in [1.165, 1.54) is 12.8 Å². The molecular weight excluding hydrogens is 164 g/mol. The van der Waals surface area contributed by atoms with Gasteiger partial charge < -0.3 is 15.3 Å². The van der Waals surface area contributed by atoms with Gasteiger partial charge in [-0.3, -0.25) is 0 Å². The van der Waals surface area contributed by atoms with Gasteiger partial charge in [0.25, 0.3) is 0 Å². The zero-order valence-electron chi connectivity index (χ0n) is 8.79. The van der Waals surface area contributed by atoms with Gasteiger partial charge in [-0.1, -0.05) is 0 Å². The number of piperidine rings is 1. The summed E-state index contributed by atoms with van der Waals surface area (Å²) < 4.78 is 0. The molecule has 3 nitrogen and oxygen atoms in total. The van der Waals surface area contributed by atoms with Crippen molar-refractivity contribution in [2.24, 2.45) is 5.92 Å². The molecule has 0 saturated carbocycles. The molecule has 0 amide bonds. The Morgan fingerprint density at radius 2 is 2.08 bits per heavy atom. The van der Waals surface area contributed by atoms with Crippen molar-refractivity contribution in [2.45, 2.75) is 25.9 Å².